The summed E-state index contributed by atoms with van der Waals surface area (Å²) >= 11 is 4.89. The lowest BCUT2D eigenvalue weighted by Crippen LogP contribution is -2.50. The number of hydrogen-bond donors (Lipinski definition) is 3. The van der Waals surface area contributed by atoms with Crippen LogP contribution in [0.25, 0.3) is 0 Å². The van der Waals surface area contributed by atoms with Gasteiger partial charge in [0.05, 0.1) is 0 Å². The zero-order valence-corrected chi connectivity index (χ0v) is 14.6. The molecule has 0 aromatic heterocycles. The molecule has 1 aromatic rings. The number of hydrogen-bond acceptors (Lipinski definition) is 4. The van der Waals surface area contributed by atoms with Crippen LogP contribution in [-0.2, 0) is 9.59 Å². The number of ether oxygens (including phenoxy) is 1. The van der Waals surface area contributed by atoms with E-state index in [0.717, 1.165) is 0 Å². The molecule has 0 atom stereocenters. The quantitative estimate of drug-likeness (QED) is 0.565. The normalized spacial score (nSPS) is 10.3. The molecule has 3 N–H and O–H groups in total. The Labute approximate surface area is 141 Å². The van der Waals surface area contributed by atoms with E-state index in [-0.39, 0.29) is 23.5 Å². The SMILES string of the molecule is CC(C)C(=O)NC(=S)NNC(=O)COc1ccc(C(C)C)cc1. The largest absolute Gasteiger partial charge is 0.484 e. The van der Waals surface area contributed by atoms with Gasteiger partial charge in [0.25, 0.3) is 5.91 Å². The zero-order chi connectivity index (χ0) is 17.4. The molecule has 0 bridgehead atoms. The Balaban J connectivity index is 2.31. The average Bonchev–Trinajstić information content (AvgIpc) is 2.51. The number of carbonyl (C=O) groups excluding carboxylic acids is 2. The number of carbonyl (C=O) groups is 2. The second-order valence-electron chi connectivity index (χ2n) is 5.66. The highest BCUT2D eigenvalue weighted by Gasteiger charge is 2.09. The lowest BCUT2D eigenvalue weighted by molar-refractivity contribution is -0.124. The van der Waals surface area contributed by atoms with E-state index in [1.807, 2.05) is 24.3 Å². The van der Waals surface area contributed by atoms with E-state index in [4.69, 9.17) is 17.0 Å². The highest BCUT2D eigenvalue weighted by Crippen LogP contribution is 2.18. The maximum atomic E-state index is 11.6. The molecule has 0 radical (unpaired) electrons. The summed E-state index contributed by atoms with van der Waals surface area (Å²) in [5.74, 6) is 0.235. The average molecular weight is 337 g/mol. The summed E-state index contributed by atoms with van der Waals surface area (Å²) in [6, 6.07) is 7.58. The van der Waals surface area contributed by atoms with Crippen molar-refractivity contribution in [2.24, 2.45) is 5.92 Å². The van der Waals surface area contributed by atoms with Crippen LogP contribution >= 0.6 is 12.2 Å². The molecule has 7 heteroatoms. The molecule has 2 amide bonds. The van der Waals surface area contributed by atoms with E-state index < -0.39 is 5.91 Å². The minimum atomic E-state index is -0.404. The second kappa shape index (κ2) is 9.09. The van der Waals surface area contributed by atoms with Crippen molar-refractivity contribution in [1.29, 1.82) is 0 Å². The van der Waals surface area contributed by atoms with Gasteiger partial charge in [-0.3, -0.25) is 20.4 Å². The third-order valence-electron chi connectivity index (χ3n) is 2.99. The topological polar surface area (TPSA) is 79.5 Å². The third kappa shape index (κ3) is 7.10. The number of amides is 2. The monoisotopic (exact) mass is 337 g/mol. The molecule has 126 valence electrons. The van der Waals surface area contributed by atoms with Crippen LogP contribution in [0.3, 0.4) is 0 Å². The van der Waals surface area contributed by atoms with Crippen LogP contribution in [0.15, 0.2) is 24.3 Å². The van der Waals surface area contributed by atoms with Crippen molar-refractivity contribution in [3.63, 3.8) is 0 Å². The molecule has 0 aliphatic carbocycles. The van der Waals surface area contributed by atoms with Crippen LogP contribution in [-0.4, -0.2) is 23.5 Å². The number of benzene rings is 1. The Morgan fingerprint density at radius 1 is 1.09 bits per heavy atom. The Morgan fingerprint density at radius 2 is 1.70 bits per heavy atom. The van der Waals surface area contributed by atoms with E-state index in [2.05, 4.69) is 30.0 Å². The van der Waals surface area contributed by atoms with E-state index in [0.29, 0.717) is 11.7 Å². The number of rotatable bonds is 5. The van der Waals surface area contributed by atoms with Gasteiger partial charge in [0.15, 0.2) is 11.7 Å². The van der Waals surface area contributed by atoms with E-state index in [9.17, 15) is 9.59 Å². The van der Waals surface area contributed by atoms with Crippen molar-refractivity contribution in [3.05, 3.63) is 29.8 Å². The minimum Gasteiger partial charge on any atom is -0.484 e. The summed E-state index contributed by atoms with van der Waals surface area (Å²) in [5.41, 5.74) is 6.01. The van der Waals surface area contributed by atoms with Crippen LogP contribution in [0.5, 0.6) is 5.75 Å². The van der Waals surface area contributed by atoms with Crippen molar-refractivity contribution in [2.45, 2.75) is 33.6 Å². The summed E-state index contributed by atoms with van der Waals surface area (Å²) in [4.78, 5) is 23.1. The van der Waals surface area contributed by atoms with Gasteiger partial charge in [0.2, 0.25) is 5.91 Å². The highest BCUT2D eigenvalue weighted by molar-refractivity contribution is 7.80. The smallest absolute Gasteiger partial charge is 0.276 e. The molecule has 23 heavy (non-hydrogen) atoms. The fraction of sp³-hybridized carbons (Fsp3) is 0.438. The van der Waals surface area contributed by atoms with Gasteiger partial charge in [-0.2, -0.15) is 0 Å². The summed E-state index contributed by atoms with van der Waals surface area (Å²) in [5, 5.41) is 2.49. The van der Waals surface area contributed by atoms with Gasteiger partial charge >= 0.3 is 0 Å². The van der Waals surface area contributed by atoms with Gasteiger partial charge < -0.3 is 10.1 Å². The Bertz CT molecular complexity index is 556. The van der Waals surface area contributed by atoms with E-state index in [1.165, 1.54) is 5.56 Å². The molecule has 0 saturated carbocycles. The fourth-order valence-corrected chi connectivity index (χ4v) is 1.70. The lowest BCUT2D eigenvalue weighted by atomic mass is 10.0. The van der Waals surface area contributed by atoms with Crippen molar-refractivity contribution >= 4 is 29.1 Å². The molecule has 0 aliphatic rings. The Hall–Kier alpha value is -2.15. The zero-order valence-electron chi connectivity index (χ0n) is 13.8. The Morgan fingerprint density at radius 3 is 2.22 bits per heavy atom. The Kier molecular flexibility index (Phi) is 7.47. The van der Waals surface area contributed by atoms with Gasteiger partial charge in [0, 0.05) is 5.92 Å². The number of nitrogens with one attached hydrogen (secondary N) is 3. The van der Waals surface area contributed by atoms with Gasteiger partial charge in [-0.15, -0.1) is 0 Å². The van der Waals surface area contributed by atoms with Crippen molar-refractivity contribution in [1.82, 2.24) is 16.2 Å². The van der Waals surface area contributed by atoms with Crippen LogP contribution in [0, 0.1) is 5.92 Å². The first kappa shape index (κ1) is 18.9. The fourth-order valence-electron chi connectivity index (χ4n) is 1.55. The molecule has 0 aliphatic heterocycles. The predicted octanol–water partition coefficient (Wildman–Crippen LogP) is 1.87. The summed E-state index contributed by atoms with van der Waals surface area (Å²) in [6.45, 7) is 7.55. The molecule has 0 saturated heterocycles. The van der Waals surface area contributed by atoms with Crippen LogP contribution < -0.4 is 20.9 Å². The first-order valence-electron chi connectivity index (χ1n) is 7.42. The van der Waals surface area contributed by atoms with Gasteiger partial charge in [-0.25, -0.2) is 0 Å². The van der Waals surface area contributed by atoms with Gasteiger partial charge in [-0.1, -0.05) is 39.8 Å². The third-order valence-corrected chi connectivity index (χ3v) is 3.20. The van der Waals surface area contributed by atoms with E-state index in [1.54, 1.807) is 13.8 Å². The highest BCUT2D eigenvalue weighted by atomic mass is 32.1. The van der Waals surface area contributed by atoms with Crippen LogP contribution in [0.2, 0.25) is 0 Å². The minimum absolute atomic E-state index is 0.0401. The molecule has 6 nitrogen and oxygen atoms in total. The van der Waals surface area contributed by atoms with Gasteiger partial charge in [-0.05, 0) is 35.8 Å². The molecular weight excluding hydrogens is 314 g/mol. The maximum absolute atomic E-state index is 11.6. The first-order valence-corrected chi connectivity index (χ1v) is 7.83. The van der Waals surface area contributed by atoms with Crippen LogP contribution in [0.1, 0.15) is 39.2 Å². The van der Waals surface area contributed by atoms with Crippen molar-refractivity contribution < 1.29 is 14.3 Å². The molecular formula is C16H23N3O3S. The molecule has 0 unspecified atom stereocenters. The second-order valence-corrected chi connectivity index (χ2v) is 6.07. The molecule has 0 fully saturated rings. The summed E-state index contributed by atoms with van der Waals surface area (Å²) in [7, 11) is 0. The number of hydrazine groups is 1. The standard InChI is InChI=1S/C16H23N3O3S/c1-10(2)12-5-7-13(8-6-12)22-9-14(20)18-19-16(23)17-15(21)11(3)4/h5-8,10-11H,9H2,1-4H3,(H,18,20)(H2,17,19,21,23). The van der Waals surface area contributed by atoms with E-state index >= 15 is 0 Å². The molecule has 1 aromatic carbocycles. The molecule has 0 spiro atoms. The first-order chi connectivity index (χ1) is 10.8. The summed E-state index contributed by atoms with van der Waals surface area (Å²) in [6.07, 6.45) is 0. The summed E-state index contributed by atoms with van der Waals surface area (Å²) < 4.78 is 5.37. The molecule has 1 rings (SSSR count). The van der Waals surface area contributed by atoms with Crippen molar-refractivity contribution in [3.8, 4) is 5.75 Å². The van der Waals surface area contributed by atoms with Crippen LogP contribution in [0.4, 0.5) is 0 Å². The lowest BCUT2D eigenvalue weighted by Gasteiger charge is -2.12. The molecule has 0 heterocycles. The van der Waals surface area contributed by atoms with Gasteiger partial charge in [0.1, 0.15) is 5.75 Å². The number of thiocarbonyl (C=S) groups is 1. The van der Waals surface area contributed by atoms with Crippen molar-refractivity contribution in [2.75, 3.05) is 6.61 Å². The maximum Gasteiger partial charge on any atom is 0.276 e. The predicted molar refractivity (Wildman–Crippen MR) is 92.9 cm³/mol.